The van der Waals surface area contributed by atoms with E-state index in [1.807, 2.05) is 11.9 Å². The molecule has 27 heavy (non-hydrogen) atoms. The fourth-order valence-corrected chi connectivity index (χ4v) is 3.90. The predicted molar refractivity (Wildman–Crippen MR) is 95.7 cm³/mol. The highest BCUT2D eigenvalue weighted by Crippen LogP contribution is 2.34. The summed E-state index contributed by atoms with van der Waals surface area (Å²) in [5.74, 6) is -1.36. The number of hydrogen-bond donors (Lipinski definition) is 1. The summed E-state index contributed by atoms with van der Waals surface area (Å²) < 4.78 is 28.7. The number of likely N-dealkylation sites (N-methyl/N-ethyl adjacent to an activating group) is 1. The van der Waals surface area contributed by atoms with Gasteiger partial charge in [0.25, 0.3) is 0 Å². The molecule has 8 heteroatoms. The van der Waals surface area contributed by atoms with Gasteiger partial charge < -0.3 is 14.6 Å². The van der Waals surface area contributed by atoms with Crippen LogP contribution >= 0.6 is 0 Å². The molecule has 2 heterocycles. The molecule has 1 N–H and O–H groups in total. The van der Waals surface area contributed by atoms with Crippen molar-refractivity contribution < 1.29 is 18.7 Å². The van der Waals surface area contributed by atoms with Gasteiger partial charge in [-0.1, -0.05) is 0 Å². The van der Waals surface area contributed by atoms with E-state index in [4.69, 9.17) is 0 Å². The van der Waals surface area contributed by atoms with Crippen molar-refractivity contribution >= 4 is 22.8 Å². The fourth-order valence-electron chi connectivity index (χ4n) is 3.90. The third kappa shape index (κ3) is 3.11. The molecular formula is C19H18F2N4O2. The monoisotopic (exact) mass is 372 g/mol. The lowest BCUT2D eigenvalue weighted by molar-refractivity contribution is -0.137. The lowest BCUT2D eigenvalue weighted by Crippen LogP contribution is -2.37. The molecule has 0 bridgehead atoms. The Bertz CT molecular complexity index is 1020. The fraction of sp³-hybridized carbons (Fsp3) is 0.316. The van der Waals surface area contributed by atoms with Crippen LogP contribution in [0.5, 0.6) is 0 Å². The number of anilines is 1. The number of hydrogen-bond acceptors (Lipinski definition) is 4. The summed E-state index contributed by atoms with van der Waals surface area (Å²) in [6, 6.07) is 4.49. The van der Waals surface area contributed by atoms with Gasteiger partial charge in [0.1, 0.15) is 12.4 Å². The van der Waals surface area contributed by atoms with E-state index in [0.29, 0.717) is 18.8 Å². The minimum atomic E-state index is -0.932. The number of fused-ring (bicyclic) bond motifs is 3. The zero-order valence-corrected chi connectivity index (χ0v) is 14.7. The first-order chi connectivity index (χ1) is 12.9. The molecule has 0 radical (unpaired) electrons. The molecule has 0 saturated carbocycles. The molecule has 0 spiro atoms. The normalized spacial score (nSPS) is 16.3. The van der Waals surface area contributed by atoms with Crippen LogP contribution in [0, 0.1) is 11.6 Å². The van der Waals surface area contributed by atoms with Crippen LogP contribution in [-0.4, -0.2) is 38.7 Å². The van der Waals surface area contributed by atoms with Gasteiger partial charge in [0, 0.05) is 29.7 Å². The van der Waals surface area contributed by atoms with E-state index in [1.54, 1.807) is 10.6 Å². The molecule has 3 aromatic rings. The van der Waals surface area contributed by atoms with Crippen LogP contribution in [0.15, 0.2) is 30.6 Å². The first-order valence-corrected chi connectivity index (χ1v) is 8.65. The SMILES string of the molecule is CN(c1ncc(F)cn1)C1CCc2c(c3cc(F)ccc3n2CC(=O)O)C1. The Morgan fingerprint density at radius 2 is 2.04 bits per heavy atom. The van der Waals surface area contributed by atoms with E-state index in [9.17, 15) is 18.7 Å². The summed E-state index contributed by atoms with van der Waals surface area (Å²) >= 11 is 0. The molecule has 1 aliphatic carbocycles. The Morgan fingerprint density at radius 1 is 1.30 bits per heavy atom. The van der Waals surface area contributed by atoms with Gasteiger partial charge in [-0.2, -0.15) is 0 Å². The maximum absolute atomic E-state index is 13.8. The molecule has 0 saturated heterocycles. The third-order valence-electron chi connectivity index (χ3n) is 5.17. The number of rotatable bonds is 4. The van der Waals surface area contributed by atoms with Gasteiger partial charge in [0.15, 0.2) is 5.82 Å². The number of aromatic nitrogens is 3. The van der Waals surface area contributed by atoms with E-state index in [-0.39, 0.29) is 18.4 Å². The van der Waals surface area contributed by atoms with E-state index >= 15 is 0 Å². The first kappa shape index (κ1) is 17.4. The van der Waals surface area contributed by atoms with Crippen molar-refractivity contribution in [2.75, 3.05) is 11.9 Å². The smallest absolute Gasteiger partial charge is 0.323 e. The maximum atomic E-state index is 13.8. The van der Waals surface area contributed by atoms with Crippen molar-refractivity contribution in [1.82, 2.24) is 14.5 Å². The molecule has 140 valence electrons. The van der Waals surface area contributed by atoms with Crippen LogP contribution in [0.3, 0.4) is 0 Å². The van der Waals surface area contributed by atoms with Crippen molar-refractivity contribution in [2.45, 2.75) is 31.8 Å². The lowest BCUT2D eigenvalue weighted by atomic mass is 9.90. The van der Waals surface area contributed by atoms with E-state index in [0.717, 1.165) is 41.0 Å². The van der Waals surface area contributed by atoms with Gasteiger partial charge in [-0.05, 0) is 43.0 Å². The minimum absolute atomic E-state index is 0.0510. The van der Waals surface area contributed by atoms with Gasteiger partial charge >= 0.3 is 5.97 Å². The molecule has 0 fully saturated rings. The lowest BCUT2D eigenvalue weighted by Gasteiger charge is -2.32. The highest BCUT2D eigenvalue weighted by atomic mass is 19.1. The molecule has 2 aromatic heterocycles. The van der Waals surface area contributed by atoms with Gasteiger partial charge in [-0.3, -0.25) is 4.79 Å². The second kappa shape index (κ2) is 6.61. The van der Waals surface area contributed by atoms with Gasteiger partial charge in [-0.25, -0.2) is 18.7 Å². The number of benzene rings is 1. The van der Waals surface area contributed by atoms with E-state index < -0.39 is 11.8 Å². The molecule has 0 aliphatic heterocycles. The average Bonchev–Trinajstić information content (AvgIpc) is 2.94. The van der Waals surface area contributed by atoms with Crippen LogP contribution in [0.1, 0.15) is 17.7 Å². The topological polar surface area (TPSA) is 71.2 Å². The summed E-state index contributed by atoms with van der Waals surface area (Å²) in [5, 5.41) is 10.0. The number of nitrogens with zero attached hydrogens (tertiary/aromatic N) is 4. The standard InChI is InChI=1S/C19H18F2N4O2/c1-24(19-22-8-12(21)9-23-19)13-3-5-17-15(7-13)14-6-11(20)2-4-16(14)25(17)10-18(26)27/h2,4,6,8-9,13H,3,5,7,10H2,1H3,(H,26,27). The largest absolute Gasteiger partial charge is 0.480 e. The number of carbonyl (C=O) groups is 1. The molecule has 1 unspecified atom stereocenters. The van der Waals surface area contributed by atoms with Gasteiger partial charge in [0.2, 0.25) is 5.95 Å². The number of halogens is 2. The van der Waals surface area contributed by atoms with E-state index in [1.165, 1.54) is 12.1 Å². The summed E-state index contributed by atoms with van der Waals surface area (Å²) in [4.78, 5) is 21.2. The molecule has 1 aromatic carbocycles. The molecule has 1 aliphatic rings. The second-order valence-electron chi connectivity index (χ2n) is 6.78. The molecular weight excluding hydrogens is 354 g/mol. The molecule has 0 amide bonds. The van der Waals surface area contributed by atoms with Gasteiger partial charge in [0.05, 0.1) is 12.4 Å². The zero-order valence-electron chi connectivity index (χ0n) is 14.7. The Kier molecular flexibility index (Phi) is 4.25. The third-order valence-corrected chi connectivity index (χ3v) is 5.17. The van der Waals surface area contributed by atoms with Crippen LogP contribution in [0.4, 0.5) is 14.7 Å². The van der Waals surface area contributed by atoms with Crippen molar-refractivity contribution in [3.05, 3.63) is 53.5 Å². The first-order valence-electron chi connectivity index (χ1n) is 8.65. The Hall–Kier alpha value is -3.03. The number of aliphatic carboxylic acids is 1. The van der Waals surface area contributed by atoms with Crippen molar-refractivity contribution in [2.24, 2.45) is 0 Å². The Balaban J connectivity index is 1.73. The van der Waals surface area contributed by atoms with Crippen LogP contribution in [0.25, 0.3) is 10.9 Å². The number of carboxylic acids is 1. The predicted octanol–water partition coefficient (Wildman–Crippen LogP) is 2.79. The van der Waals surface area contributed by atoms with Crippen molar-refractivity contribution in [3.63, 3.8) is 0 Å². The van der Waals surface area contributed by atoms with Gasteiger partial charge in [-0.15, -0.1) is 0 Å². The average molecular weight is 372 g/mol. The highest BCUT2D eigenvalue weighted by Gasteiger charge is 2.29. The quantitative estimate of drug-likeness (QED) is 0.763. The Morgan fingerprint density at radius 3 is 2.74 bits per heavy atom. The summed E-state index contributed by atoms with van der Waals surface area (Å²) in [5.41, 5.74) is 2.61. The van der Waals surface area contributed by atoms with Crippen molar-refractivity contribution in [3.8, 4) is 0 Å². The maximum Gasteiger partial charge on any atom is 0.323 e. The molecule has 6 nitrogen and oxygen atoms in total. The summed E-state index contributed by atoms with van der Waals surface area (Å²) in [6.07, 6.45) is 4.29. The zero-order chi connectivity index (χ0) is 19.1. The van der Waals surface area contributed by atoms with Crippen LogP contribution in [-0.2, 0) is 24.2 Å². The molecule has 4 rings (SSSR count). The Labute approximate surface area is 154 Å². The van der Waals surface area contributed by atoms with Crippen LogP contribution < -0.4 is 4.90 Å². The second-order valence-corrected chi connectivity index (χ2v) is 6.78. The number of carboxylic acid groups (broad SMARTS) is 1. The minimum Gasteiger partial charge on any atom is -0.480 e. The summed E-state index contributed by atoms with van der Waals surface area (Å²) in [7, 11) is 1.85. The highest BCUT2D eigenvalue weighted by molar-refractivity contribution is 5.87. The molecule has 1 atom stereocenters. The summed E-state index contributed by atoms with van der Waals surface area (Å²) in [6.45, 7) is -0.154. The van der Waals surface area contributed by atoms with Crippen molar-refractivity contribution in [1.29, 1.82) is 0 Å². The van der Waals surface area contributed by atoms with E-state index in [2.05, 4.69) is 9.97 Å². The van der Waals surface area contributed by atoms with Crippen LogP contribution in [0.2, 0.25) is 0 Å².